The normalized spacial score (nSPS) is 13.7. The Morgan fingerprint density at radius 2 is 1.58 bits per heavy atom. The molecule has 0 saturated heterocycles. The van der Waals surface area contributed by atoms with Gasteiger partial charge < -0.3 is 13.5 Å². The monoisotopic (exact) mass is 342 g/mol. The highest BCUT2D eigenvalue weighted by Gasteiger charge is 2.22. The van der Waals surface area contributed by atoms with Crippen molar-refractivity contribution in [3.8, 4) is 0 Å². The molecular weight excluding hydrogens is 315 g/mol. The van der Waals surface area contributed by atoms with E-state index in [1.54, 1.807) is 17.6 Å². The van der Waals surface area contributed by atoms with Crippen molar-refractivity contribution in [1.82, 2.24) is 0 Å². The fourth-order valence-corrected chi connectivity index (χ4v) is 6.87. The maximum Gasteiger partial charge on any atom is 0.248 e. The average molecular weight is 343 g/mol. The summed E-state index contributed by atoms with van der Waals surface area (Å²) < 4.78 is 17.2. The van der Waals surface area contributed by atoms with Gasteiger partial charge in [0.25, 0.3) is 0 Å². The third-order valence-electron chi connectivity index (χ3n) is 1.53. The van der Waals surface area contributed by atoms with Crippen LogP contribution in [0.2, 0.25) is 19.6 Å². The first kappa shape index (κ1) is 19.7. The fraction of sp³-hybridized carbons (Fsp3) is 0.833. The Morgan fingerprint density at radius 1 is 1.11 bits per heavy atom. The summed E-state index contributed by atoms with van der Waals surface area (Å²) in [6.07, 6.45) is 3.93. The van der Waals surface area contributed by atoms with Crippen LogP contribution in [0.25, 0.3) is 0 Å². The van der Waals surface area contributed by atoms with Gasteiger partial charge in [-0.15, -0.1) is 0 Å². The molecule has 114 valence electrons. The molecule has 0 aromatic carbocycles. The first-order chi connectivity index (χ1) is 8.54. The molecule has 0 rings (SSSR count). The highest BCUT2D eigenvalue weighted by atomic mass is 32.9. The van der Waals surface area contributed by atoms with Crippen LogP contribution in [0, 0.1) is 0 Å². The summed E-state index contributed by atoms with van der Waals surface area (Å²) in [5, 5.41) is 0. The number of hydrogen-bond acceptors (Lipinski definition) is 5. The van der Waals surface area contributed by atoms with E-state index in [2.05, 4.69) is 19.6 Å². The Balaban J connectivity index is 4.31. The molecule has 0 bridgehead atoms. The summed E-state index contributed by atoms with van der Waals surface area (Å²) >= 11 is 7.10. The predicted octanol–water partition coefficient (Wildman–Crippen LogP) is 5.16. The van der Waals surface area contributed by atoms with Crippen LogP contribution in [0.4, 0.5) is 0 Å². The lowest BCUT2D eigenvalue weighted by molar-refractivity contribution is 0.186. The molecule has 19 heavy (non-hydrogen) atoms. The lowest BCUT2D eigenvalue weighted by Crippen LogP contribution is -2.21. The van der Waals surface area contributed by atoms with E-state index in [0.717, 1.165) is 5.75 Å². The average Bonchev–Trinajstić information content (AvgIpc) is 2.11. The van der Waals surface area contributed by atoms with Crippen LogP contribution in [0.15, 0.2) is 12.3 Å². The van der Waals surface area contributed by atoms with E-state index >= 15 is 0 Å². The van der Waals surface area contributed by atoms with Crippen LogP contribution in [0.3, 0.4) is 0 Å². The smallest absolute Gasteiger partial charge is 0.248 e. The Morgan fingerprint density at radius 3 is 1.95 bits per heavy atom. The molecule has 0 unspecified atom stereocenters. The zero-order valence-corrected chi connectivity index (χ0v) is 16.5. The Kier molecular flexibility index (Phi) is 9.17. The van der Waals surface area contributed by atoms with Crippen molar-refractivity contribution in [3.05, 3.63) is 12.3 Å². The molecule has 0 N–H and O–H groups in total. The topological polar surface area (TPSA) is 27.7 Å². The molecule has 0 heterocycles. The van der Waals surface area contributed by atoms with Gasteiger partial charge >= 0.3 is 0 Å². The zero-order valence-electron chi connectivity index (χ0n) is 13.0. The SMILES string of the molecule is CC(C)OP(=S)(OC(C)C)SC/C=C\O[Si](C)(C)C. The van der Waals surface area contributed by atoms with E-state index < -0.39 is 14.0 Å². The second-order valence-electron chi connectivity index (χ2n) is 5.65. The quantitative estimate of drug-likeness (QED) is 0.328. The Bertz CT molecular complexity index is 313. The fourth-order valence-electron chi connectivity index (χ4n) is 1.03. The van der Waals surface area contributed by atoms with E-state index in [1.165, 1.54) is 0 Å². The Hall–Kier alpha value is 0.677. The van der Waals surface area contributed by atoms with Crippen molar-refractivity contribution in [1.29, 1.82) is 0 Å². The maximum atomic E-state index is 5.80. The molecule has 0 aliphatic carbocycles. The lowest BCUT2D eigenvalue weighted by atomic mass is 10.5. The minimum atomic E-state index is -2.26. The molecule has 0 aliphatic rings. The van der Waals surface area contributed by atoms with Gasteiger partial charge in [-0.3, -0.25) is 0 Å². The minimum absolute atomic E-state index is 0.0827. The van der Waals surface area contributed by atoms with Gasteiger partial charge in [-0.1, -0.05) is 11.4 Å². The molecule has 0 fully saturated rings. The van der Waals surface area contributed by atoms with E-state index in [9.17, 15) is 0 Å². The molecular formula is C12H27O3PS2Si. The van der Waals surface area contributed by atoms with Gasteiger partial charge in [-0.25, -0.2) is 0 Å². The van der Waals surface area contributed by atoms with Gasteiger partial charge in [0.05, 0.1) is 18.5 Å². The third kappa shape index (κ3) is 12.1. The first-order valence-corrected chi connectivity index (χ1v) is 14.1. The first-order valence-electron chi connectivity index (χ1n) is 6.48. The molecule has 0 atom stereocenters. The Labute approximate surface area is 128 Å². The van der Waals surface area contributed by atoms with E-state index in [0.29, 0.717) is 0 Å². The van der Waals surface area contributed by atoms with E-state index in [1.807, 2.05) is 33.8 Å². The largest absolute Gasteiger partial charge is 0.550 e. The van der Waals surface area contributed by atoms with Crippen molar-refractivity contribution in [2.75, 3.05) is 5.75 Å². The molecule has 0 aromatic heterocycles. The van der Waals surface area contributed by atoms with Crippen molar-refractivity contribution in [3.63, 3.8) is 0 Å². The molecule has 0 saturated carbocycles. The molecule has 7 heteroatoms. The molecule has 3 nitrogen and oxygen atoms in total. The summed E-state index contributed by atoms with van der Waals surface area (Å²) in [6.45, 7) is 14.4. The molecule has 0 aromatic rings. The van der Waals surface area contributed by atoms with Gasteiger partial charge in [0.15, 0.2) is 0 Å². The highest BCUT2D eigenvalue weighted by molar-refractivity contribution is 8.67. The summed E-state index contributed by atoms with van der Waals surface area (Å²) in [7, 11) is -1.48. The summed E-state index contributed by atoms with van der Waals surface area (Å²) in [4.78, 5) is 0. The zero-order chi connectivity index (χ0) is 15.1. The van der Waals surface area contributed by atoms with Gasteiger partial charge in [0.1, 0.15) is 0 Å². The highest BCUT2D eigenvalue weighted by Crippen LogP contribution is 2.62. The predicted molar refractivity (Wildman–Crippen MR) is 92.8 cm³/mol. The van der Waals surface area contributed by atoms with Crippen molar-refractivity contribution < 1.29 is 13.5 Å². The van der Waals surface area contributed by atoms with Gasteiger partial charge in [0, 0.05) is 5.75 Å². The summed E-state index contributed by atoms with van der Waals surface area (Å²) in [6, 6.07) is 0. The van der Waals surface area contributed by atoms with Crippen molar-refractivity contribution in [2.45, 2.75) is 59.5 Å². The van der Waals surface area contributed by atoms with Crippen molar-refractivity contribution in [2.24, 2.45) is 0 Å². The van der Waals surface area contributed by atoms with Crippen LogP contribution < -0.4 is 0 Å². The van der Waals surface area contributed by atoms with E-state index in [4.69, 9.17) is 25.3 Å². The van der Waals surface area contributed by atoms with E-state index in [-0.39, 0.29) is 12.2 Å². The number of rotatable bonds is 9. The third-order valence-corrected chi connectivity index (χ3v) is 7.76. The summed E-state index contributed by atoms with van der Waals surface area (Å²) in [5.74, 6) is 0.751. The van der Waals surface area contributed by atoms with Crippen LogP contribution >= 0.6 is 17.1 Å². The minimum Gasteiger partial charge on any atom is -0.550 e. The second-order valence-corrected chi connectivity index (χ2v) is 16.4. The van der Waals surface area contributed by atoms with Crippen LogP contribution in [0.1, 0.15) is 27.7 Å². The molecule has 0 amide bonds. The molecule has 0 radical (unpaired) electrons. The molecule has 0 aliphatic heterocycles. The maximum absolute atomic E-state index is 5.80. The van der Waals surface area contributed by atoms with Crippen LogP contribution in [-0.2, 0) is 25.3 Å². The van der Waals surface area contributed by atoms with Crippen molar-refractivity contribution >= 4 is 37.2 Å². The van der Waals surface area contributed by atoms with Gasteiger partial charge in [0.2, 0.25) is 14.0 Å². The number of hydrogen-bond donors (Lipinski definition) is 0. The van der Waals surface area contributed by atoms with Crippen LogP contribution in [-0.4, -0.2) is 26.3 Å². The van der Waals surface area contributed by atoms with Gasteiger partial charge in [-0.05, 0) is 65.2 Å². The second kappa shape index (κ2) is 8.85. The van der Waals surface area contributed by atoms with Crippen LogP contribution in [0.5, 0.6) is 0 Å². The lowest BCUT2D eigenvalue weighted by Gasteiger charge is -2.25. The molecule has 0 spiro atoms. The summed E-state index contributed by atoms with van der Waals surface area (Å²) in [5.41, 5.74) is -2.26. The van der Waals surface area contributed by atoms with Gasteiger partial charge in [-0.2, -0.15) is 0 Å². The standard InChI is InChI=1S/C12H27O3PS2Si/c1-11(2)14-16(17,15-12(3)4)18-10-8-9-13-19(5,6)7/h8-9,11-12H,10H2,1-7H3/b9-8-.